The standard InChI is InChI=1S/C7H9ClN6/c1-13(2)6-10-5(8)11-7(12-6)14(3)4-9/h1-3H3. The fraction of sp³-hybridized carbons (Fsp3) is 0.429. The molecule has 0 aliphatic rings. The number of nitriles is 1. The van der Waals surface area contributed by atoms with Gasteiger partial charge in [-0.3, -0.25) is 4.90 Å². The fourth-order valence-corrected chi connectivity index (χ4v) is 0.875. The molecule has 0 aromatic carbocycles. The largest absolute Gasteiger partial charge is 0.347 e. The Morgan fingerprint density at radius 1 is 1.14 bits per heavy atom. The van der Waals surface area contributed by atoms with E-state index in [-0.39, 0.29) is 11.2 Å². The molecule has 0 aliphatic carbocycles. The molecule has 0 N–H and O–H groups in total. The quantitative estimate of drug-likeness (QED) is 0.526. The zero-order valence-corrected chi connectivity index (χ0v) is 8.82. The summed E-state index contributed by atoms with van der Waals surface area (Å²) in [5.41, 5.74) is 0. The molecule has 1 aromatic heterocycles. The van der Waals surface area contributed by atoms with Crippen LogP contribution in [0.25, 0.3) is 0 Å². The highest BCUT2D eigenvalue weighted by Gasteiger charge is 2.09. The minimum Gasteiger partial charge on any atom is -0.347 e. The number of halogens is 1. The van der Waals surface area contributed by atoms with E-state index >= 15 is 0 Å². The van der Waals surface area contributed by atoms with Gasteiger partial charge in [-0.05, 0) is 11.6 Å². The lowest BCUT2D eigenvalue weighted by atomic mass is 10.7. The van der Waals surface area contributed by atoms with E-state index in [1.165, 1.54) is 4.90 Å². The lowest BCUT2D eigenvalue weighted by Crippen LogP contribution is -2.18. The summed E-state index contributed by atoms with van der Waals surface area (Å²) in [5.74, 6) is 0.651. The molecule has 1 aromatic rings. The van der Waals surface area contributed by atoms with E-state index in [1.54, 1.807) is 26.0 Å². The van der Waals surface area contributed by atoms with Crippen LogP contribution in [-0.4, -0.2) is 36.1 Å². The molecule has 0 fully saturated rings. The number of hydrogen-bond acceptors (Lipinski definition) is 6. The summed E-state index contributed by atoms with van der Waals surface area (Å²) in [5, 5.41) is 8.70. The third-order valence-corrected chi connectivity index (χ3v) is 1.60. The maximum atomic E-state index is 8.63. The first-order valence-electron chi connectivity index (χ1n) is 3.77. The van der Waals surface area contributed by atoms with Gasteiger partial charge in [-0.2, -0.15) is 20.2 Å². The monoisotopic (exact) mass is 212 g/mol. The van der Waals surface area contributed by atoms with Crippen LogP contribution >= 0.6 is 11.6 Å². The van der Waals surface area contributed by atoms with Crippen molar-refractivity contribution >= 4 is 23.5 Å². The van der Waals surface area contributed by atoms with E-state index in [0.717, 1.165) is 0 Å². The molecule has 7 heteroatoms. The van der Waals surface area contributed by atoms with Crippen LogP contribution in [0.1, 0.15) is 0 Å². The summed E-state index contributed by atoms with van der Waals surface area (Å²) in [7, 11) is 5.11. The molecule has 14 heavy (non-hydrogen) atoms. The van der Waals surface area contributed by atoms with Crippen LogP contribution in [0.2, 0.25) is 5.28 Å². The number of aromatic nitrogens is 3. The van der Waals surface area contributed by atoms with Crippen LogP contribution < -0.4 is 9.80 Å². The lowest BCUT2D eigenvalue weighted by Gasteiger charge is -2.12. The summed E-state index contributed by atoms with van der Waals surface area (Å²) < 4.78 is 0. The van der Waals surface area contributed by atoms with E-state index in [1.807, 2.05) is 6.19 Å². The van der Waals surface area contributed by atoms with Gasteiger partial charge in [0.05, 0.1) is 0 Å². The Balaban J connectivity index is 3.15. The molecule has 0 saturated carbocycles. The predicted octanol–water partition coefficient (Wildman–Crippen LogP) is 0.508. The van der Waals surface area contributed by atoms with Crippen molar-refractivity contribution in [3.8, 4) is 6.19 Å². The van der Waals surface area contributed by atoms with Crippen molar-refractivity contribution in [2.45, 2.75) is 0 Å². The van der Waals surface area contributed by atoms with E-state index in [2.05, 4.69) is 15.0 Å². The molecule has 1 heterocycles. The normalized spacial score (nSPS) is 9.36. The average molecular weight is 213 g/mol. The summed E-state index contributed by atoms with van der Waals surface area (Å²) >= 11 is 5.67. The first-order valence-corrected chi connectivity index (χ1v) is 4.14. The minimum absolute atomic E-state index is 0.0702. The van der Waals surface area contributed by atoms with Crippen LogP contribution in [0.4, 0.5) is 11.9 Å². The van der Waals surface area contributed by atoms with E-state index in [0.29, 0.717) is 5.95 Å². The van der Waals surface area contributed by atoms with Crippen molar-refractivity contribution in [3.63, 3.8) is 0 Å². The van der Waals surface area contributed by atoms with Gasteiger partial charge >= 0.3 is 0 Å². The maximum Gasteiger partial charge on any atom is 0.244 e. The van der Waals surface area contributed by atoms with Gasteiger partial charge in [0.2, 0.25) is 17.2 Å². The Morgan fingerprint density at radius 3 is 2.21 bits per heavy atom. The van der Waals surface area contributed by atoms with Crippen LogP contribution in [-0.2, 0) is 0 Å². The molecule has 6 nitrogen and oxygen atoms in total. The first kappa shape index (κ1) is 10.5. The second-order valence-corrected chi connectivity index (χ2v) is 3.10. The number of hydrogen-bond donors (Lipinski definition) is 0. The molecule has 0 atom stereocenters. The molecule has 74 valence electrons. The van der Waals surface area contributed by atoms with Gasteiger partial charge in [0.1, 0.15) is 0 Å². The Kier molecular flexibility index (Phi) is 3.04. The average Bonchev–Trinajstić information content (AvgIpc) is 2.15. The highest BCUT2D eigenvalue weighted by molar-refractivity contribution is 6.28. The van der Waals surface area contributed by atoms with Gasteiger partial charge in [-0.25, -0.2) is 0 Å². The van der Waals surface area contributed by atoms with E-state index in [4.69, 9.17) is 16.9 Å². The minimum atomic E-state index is 0.0702. The molecule has 0 bridgehead atoms. The van der Waals surface area contributed by atoms with Gasteiger partial charge < -0.3 is 4.90 Å². The van der Waals surface area contributed by atoms with E-state index in [9.17, 15) is 0 Å². The highest BCUT2D eigenvalue weighted by atomic mass is 35.5. The van der Waals surface area contributed by atoms with Crippen LogP contribution in [0.15, 0.2) is 0 Å². The second kappa shape index (κ2) is 4.07. The first-order chi connectivity index (χ1) is 6.54. The zero-order chi connectivity index (χ0) is 10.7. The Bertz CT molecular complexity index is 371. The molecule has 0 amide bonds. The number of nitrogens with zero attached hydrogens (tertiary/aromatic N) is 6. The zero-order valence-electron chi connectivity index (χ0n) is 8.06. The van der Waals surface area contributed by atoms with Gasteiger partial charge in [-0.15, -0.1) is 0 Å². The molecule has 1 rings (SSSR count). The van der Waals surface area contributed by atoms with Crippen molar-refractivity contribution in [2.24, 2.45) is 0 Å². The van der Waals surface area contributed by atoms with Crippen molar-refractivity contribution in [1.82, 2.24) is 15.0 Å². The molecule has 0 saturated heterocycles. The summed E-state index contributed by atoms with van der Waals surface area (Å²) in [4.78, 5) is 14.6. The SMILES string of the molecule is CN(C)c1nc(Cl)nc(N(C)C#N)n1. The molecule has 0 radical (unpaired) electrons. The molecule has 0 unspecified atom stereocenters. The van der Waals surface area contributed by atoms with Crippen molar-refractivity contribution in [2.75, 3.05) is 30.9 Å². The summed E-state index contributed by atoms with van der Waals surface area (Å²) in [6.45, 7) is 0. The lowest BCUT2D eigenvalue weighted by molar-refractivity contribution is 0.931. The third kappa shape index (κ3) is 2.20. The van der Waals surface area contributed by atoms with E-state index < -0.39 is 0 Å². The van der Waals surface area contributed by atoms with Crippen LogP contribution in [0.3, 0.4) is 0 Å². The summed E-state index contributed by atoms with van der Waals surface area (Å²) in [6.07, 6.45) is 1.88. The smallest absolute Gasteiger partial charge is 0.244 e. The Labute approximate surface area is 86.8 Å². The predicted molar refractivity (Wildman–Crippen MR) is 53.2 cm³/mol. The van der Waals surface area contributed by atoms with Crippen molar-refractivity contribution in [1.29, 1.82) is 5.26 Å². The van der Waals surface area contributed by atoms with Crippen LogP contribution in [0, 0.1) is 11.5 Å². The maximum absolute atomic E-state index is 8.63. The van der Waals surface area contributed by atoms with Gasteiger partial charge in [-0.1, -0.05) is 0 Å². The van der Waals surface area contributed by atoms with Crippen LogP contribution in [0.5, 0.6) is 0 Å². The van der Waals surface area contributed by atoms with Gasteiger partial charge in [0, 0.05) is 21.1 Å². The van der Waals surface area contributed by atoms with Crippen molar-refractivity contribution < 1.29 is 0 Å². The van der Waals surface area contributed by atoms with Crippen molar-refractivity contribution in [3.05, 3.63) is 5.28 Å². The molecule has 0 aliphatic heterocycles. The fourth-order valence-electron chi connectivity index (χ4n) is 0.724. The highest BCUT2D eigenvalue weighted by Crippen LogP contribution is 2.13. The Hall–Kier alpha value is -1.61. The number of anilines is 2. The second-order valence-electron chi connectivity index (χ2n) is 2.76. The molecular formula is C7H9ClN6. The van der Waals surface area contributed by atoms with Gasteiger partial charge in [0.15, 0.2) is 6.19 Å². The van der Waals surface area contributed by atoms with Gasteiger partial charge in [0.25, 0.3) is 0 Å². The summed E-state index contributed by atoms with van der Waals surface area (Å²) in [6, 6.07) is 0. The number of rotatable bonds is 2. The Morgan fingerprint density at radius 2 is 1.71 bits per heavy atom. The molecule has 0 spiro atoms. The third-order valence-electron chi connectivity index (χ3n) is 1.43. The topological polar surface area (TPSA) is 68.9 Å². The molecular weight excluding hydrogens is 204 g/mol.